The molecule has 0 radical (unpaired) electrons. The van der Waals surface area contributed by atoms with Crippen molar-refractivity contribution in [2.75, 3.05) is 13.2 Å². The minimum Gasteiger partial charge on any atom is -0.479 e. The summed E-state index contributed by atoms with van der Waals surface area (Å²) in [7, 11) is 0. The van der Waals surface area contributed by atoms with E-state index in [2.05, 4.69) is 50.1 Å². The molecule has 1 rings (SSSR count). The lowest BCUT2D eigenvalue weighted by Gasteiger charge is -2.21. The van der Waals surface area contributed by atoms with Gasteiger partial charge in [-0.25, -0.2) is 0 Å². The molecule has 0 aliphatic carbocycles. The third-order valence-corrected chi connectivity index (χ3v) is 2.63. The highest BCUT2D eigenvalue weighted by Crippen LogP contribution is 2.25. The van der Waals surface area contributed by atoms with Crippen molar-refractivity contribution in [1.29, 1.82) is 0 Å². The van der Waals surface area contributed by atoms with Crippen LogP contribution in [-0.2, 0) is 4.74 Å². The SMILES string of the molecule is CCCC=C/C=C\CC(C)(C)C1=NCCO1. The van der Waals surface area contributed by atoms with E-state index in [1.54, 1.807) is 0 Å². The van der Waals surface area contributed by atoms with E-state index in [1.165, 1.54) is 6.42 Å². The second kappa shape index (κ2) is 6.51. The summed E-state index contributed by atoms with van der Waals surface area (Å²) in [5, 5.41) is 0. The van der Waals surface area contributed by atoms with Crippen molar-refractivity contribution in [2.45, 2.75) is 40.0 Å². The van der Waals surface area contributed by atoms with Crippen LogP contribution in [0.15, 0.2) is 29.3 Å². The molecule has 0 spiro atoms. The van der Waals surface area contributed by atoms with Gasteiger partial charge >= 0.3 is 0 Å². The topological polar surface area (TPSA) is 21.6 Å². The zero-order valence-corrected chi connectivity index (χ0v) is 10.7. The van der Waals surface area contributed by atoms with Crippen molar-refractivity contribution in [1.82, 2.24) is 0 Å². The molecule has 0 saturated carbocycles. The highest BCUT2D eigenvalue weighted by Gasteiger charge is 2.27. The van der Waals surface area contributed by atoms with Gasteiger partial charge in [0.25, 0.3) is 0 Å². The third kappa shape index (κ3) is 4.21. The predicted molar refractivity (Wildman–Crippen MR) is 69.8 cm³/mol. The smallest absolute Gasteiger partial charge is 0.189 e. The molecule has 0 amide bonds. The highest BCUT2D eigenvalue weighted by atomic mass is 16.5. The van der Waals surface area contributed by atoms with Crippen molar-refractivity contribution < 1.29 is 4.74 Å². The average molecular weight is 221 g/mol. The molecule has 0 unspecified atom stereocenters. The van der Waals surface area contributed by atoms with Crippen LogP contribution >= 0.6 is 0 Å². The van der Waals surface area contributed by atoms with Gasteiger partial charge in [-0.15, -0.1) is 0 Å². The number of ether oxygens (including phenoxy) is 1. The summed E-state index contributed by atoms with van der Waals surface area (Å²) in [4.78, 5) is 4.38. The minimum absolute atomic E-state index is 0.0333. The molecule has 0 atom stereocenters. The molecule has 2 nitrogen and oxygen atoms in total. The van der Waals surface area contributed by atoms with E-state index in [0.29, 0.717) is 0 Å². The van der Waals surface area contributed by atoms with E-state index in [4.69, 9.17) is 4.74 Å². The molecule has 0 aromatic carbocycles. The Morgan fingerprint density at radius 2 is 2.06 bits per heavy atom. The van der Waals surface area contributed by atoms with Crippen LogP contribution in [0, 0.1) is 5.41 Å². The van der Waals surface area contributed by atoms with Gasteiger partial charge in [-0.3, -0.25) is 4.99 Å². The van der Waals surface area contributed by atoms with Crippen molar-refractivity contribution in [2.24, 2.45) is 10.4 Å². The fraction of sp³-hybridized carbons (Fsp3) is 0.643. The number of unbranched alkanes of at least 4 members (excludes halogenated alkanes) is 1. The second-order valence-electron chi connectivity index (χ2n) is 4.77. The summed E-state index contributed by atoms with van der Waals surface area (Å²) in [6.45, 7) is 8.11. The number of nitrogens with zero attached hydrogens (tertiary/aromatic N) is 1. The van der Waals surface area contributed by atoms with Crippen LogP contribution in [0.2, 0.25) is 0 Å². The maximum absolute atomic E-state index is 5.51. The molecule has 0 saturated heterocycles. The average Bonchev–Trinajstić information content (AvgIpc) is 2.77. The molecule has 90 valence electrons. The van der Waals surface area contributed by atoms with E-state index in [1.807, 2.05) is 0 Å². The van der Waals surface area contributed by atoms with E-state index < -0.39 is 0 Å². The molecule has 2 heteroatoms. The van der Waals surface area contributed by atoms with E-state index in [9.17, 15) is 0 Å². The minimum atomic E-state index is 0.0333. The van der Waals surface area contributed by atoms with Crippen LogP contribution in [0.25, 0.3) is 0 Å². The second-order valence-corrected chi connectivity index (χ2v) is 4.77. The first kappa shape index (κ1) is 13.0. The van der Waals surface area contributed by atoms with Crippen LogP contribution in [0.4, 0.5) is 0 Å². The lowest BCUT2D eigenvalue weighted by Crippen LogP contribution is -2.23. The van der Waals surface area contributed by atoms with Gasteiger partial charge in [0.05, 0.1) is 6.54 Å². The molecule has 16 heavy (non-hydrogen) atoms. The van der Waals surface area contributed by atoms with Gasteiger partial charge in [0.15, 0.2) is 5.90 Å². The van der Waals surface area contributed by atoms with Crippen molar-refractivity contribution in [3.05, 3.63) is 24.3 Å². The van der Waals surface area contributed by atoms with Crippen molar-refractivity contribution >= 4 is 5.90 Å². The fourth-order valence-corrected chi connectivity index (χ4v) is 1.61. The maximum Gasteiger partial charge on any atom is 0.189 e. The number of rotatable bonds is 6. The molecule has 0 fully saturated rings. The van der Waals surface area contributed by atoms with Gasteiger partial charge < -0.3 is 4.74 Å². The first-order chi connectivity index (χ1) is 7.67. The summed E-state index contributed by atoms with van der Waals surface area (Å²) in [5.41, 5.74) is 0.0333. The largest absolute Gasteiger partial charge is 0.479 e. The molecule has 0 bridgehead atoms. The van der Waals surface area contributed by atoms with Gasteiger partial charge in [-0.2, -0.15) is 0 Å². The van der Waals surface area contributed by atoms with Gasteiger partial charge in [-0.05, 0) is 12.8 Å². The molecular weight excluding hydrogens is 198 g/mol. The molecular formula is C14H23NO. The number of hydrogen-bond acceptors (Lipinski definition) is 2. The van der Waals surface area contributed by atoms with E-state index in [-0.39, 0.29) is 5.41 Å². The van der Waals surface area contributed by atoms with Gasteiger partial charge in [0.1, 0.15) is 6.61 Å². The summed E-state index contributed by atoms with van der Waals surface area (Å²) in [6.07, 6.45) is 12.0. The zero-order chi connectivity index (χ0) is 11.9. The number of hydrogen-bond donors (Lipinski definition) is 0. The lowest BCUT2D eigenvalue weighted by atomic mass is 9.89. The molecule has 0 aromatic rings. The predicted octanol–water partition coefficient (Wildman–Crippen LogP) is 3.74. The van der Waals surface area contributed by atoms with Gasteiger partial charge in [0, 0.05) is 5.41 Å². The Bertz CT molecular complexity index is 287. The van der Waals surface area contributed by atoms with Crippen LogP contribution in [0.3, 0.4) is 0 Å². The van der Waals surface area contributed by atoms with E-state index >= 15 is 0 Å². The highest BCUT2D eigenvalue weighted by molar-refractivity contribution is 5.83. The summed E-state index contributed by atoms with van der Waals surface area (Å²) >= 11 is 0. The fourth-order valence-electron chi connectivity index (χ4n) is 1.61. The Morgan fingerprint density at radius 3 is 2.69 bits per heavy atom. The quantitative estimate of drug-likeness (QED) is 0.626. The molecule has 0 aromatic heterocycles. The van der Waals surface area contributed by atoms with Gasteiger partial charge in [0.2, 0.25) is 0 Å². The standard InChI is InChI=1S/C14H23NO/c1-4-5-6-7-8-9-10-14(2,3)13-15-11-12-16-13/h6-9H,4-5,10-12H2,1-3H3/b7-6?,9-8-. The Kier molecular flexibility index (Phi) is 5.30. The summed E-state index contributed by atoms with van der Waals surface area (Å²) < 4.78 is 5.51. The molecule has 0 N–H and O–H groups in total. The first-order valence-corrected chi connectivity index (χ1v) is 6.16. The normalized spacial score (nSPS) is 17.1. The van der Waals surface area contributed by atoms with Crippen LogP contribution < -0.4 is 0 Å². The first-order valence-electron chi connectivity index (χ1n) is 6.16. The number of allylic oxidation sites excluding steroid dienone is 4. The zero-order valence-electron chi connectivity index (χ0n) is 10.7. The summed E-state index contributed by atoms with van der Waals surface area (Å²) in [5.74, 6) is 0.912. The monoisotopic (exact) mass is 221 g/mol. The Balaban J connectivity index is 2.35. The number of aliphatic imine (C=N–C) groups is 1. The lowest BCUT2D eigenvalue weighted by molar-refractivity contribution is 0.294. The van der Waals surface area contributed by atoms with Crippen molar-refractivity contribution in [3.63, 3.8) is 0 Å². The van der Waals surface area contributed by atoms with Crippen LogP contribution in [0.5, 0.6) is 0 Å². The van der Waals surface area contributed by atoms with Crippen molar-refractivity contribution in [3.8, 4) is 0 Å². The molecule has 1 aliphatic heterocycles. The van der Waals surface area contributed by atoms with Crippen LogP contribution in [0.1, 0.15) is 40.0 Å². The Hall–Kier alpha value is -1.05. The Morgan fingerprint density at radius 1 is 1.31 bits per heavy atom. The molecule has 1 heterocycles. The summed E-state index contributed by atoms with van der Waals surface area (Å²) in [6, 6.07) is 0. The molecule has 1 aliphatic rings. The van der Waals surface area contributed by atoms with E-state index in [0.717, 1.165) is 31.9 Å². The van der Waals surface area contributed by atoms with Gasteiger partial charge in [-0.1, -0.05) is 51.5 Å². The maximum atomic E-state index is 5.51. The Labute approximate surface area is 99.1 Å². The van der Waals surface area contributed by atoms with Crippen LogP contribution in [-0.4, -0.2) is 19.0 Å². The third-order valence-electron chi connectivity index (χ3n) is 2.63.